The highest BCUT2D eigenvalue weighted by Gasteiger charge is 2.20. The zero-order chi connectivity index (χ0) is 13.9. The number of sulfonamides is 1. The molecule has 19 heavy (non-hydrogen) atoms. The highest BCUT2D eigenvalue weighted by Crippen LogP contribution is 2.21. The second kappa shape index (κ2) is 5.78. The smallest absolute Gasteiger partial charge is 0.242 e. The van der Waals surface area contributed by atoms with Crippen LogP contribution in [0.3, 0.4) is 0 Å². The molecule has 0 saturated heterocycles. The quantitative estimate of drug-likeness (QED) is 0.812. The molecule has 9 heteroatoms. The van der Waals surface area contributed by atoms with E-state index in [1.165, 1.54) is 11.3 Å². The van der Waals surface area contributed by atoms with Crippen molar-refractivity contribution in [2.24, 2.45) is 0 Å². The Morgan fingerprint density at radius 1 is 1.42 bits per heavy atom. The summed E-state index contributed by atoms with van der Waals surface area (Å²) in [7, 11) is -1.80. The maximum atomic E-state index is 12.1. The Hall–Kier alpha value is -1.29. The van der Waals surface area contributed by atoms with Gasteiger partial charge >= 0.3 is 0 Å². The molecule has 0 bridgehead atoms. The maximum Gasteiger partial charge on any atom is 0.242 e. The summed E-state index contributed by atoms with van der Waals surface area (Å²) in [4.78, 5) is 4.98. The van der Waals surface area contributed by atoms with Crippen molar-refractivity contribution in [2.45, 2.75) is 24.9 Å². The largest absolute Gasteiger partial charge is 0.338 e. The molecular formula is C10H14N4O3S2. The van der Waals surface area contributed by atoms with Crippen LogP contribution in [0.25, 0.3) is 0 Å². The van der Waals surface area contributed by atoms with Crippen LogP contribution in [-0.2, 0) is 23.1 Å². The molecule has 0 spiro atoms. The van der Waals surface area contributed by atoms with Crippen molar-refractivity contribution in [2.75, 3.05) is 7.05 Å². The minimum absolute atomic E-state index is 0.0159. The van der Waals surface area contributed by atoms with Gasteiger partial charge in [-0.1, -0.05) is 5.16 Å². The highest BCUT2D eigenvalue weighted by molar-refractivity contribution is 7.89. The lowest BCUT2D eigenvalue weighted by Gasteiger charge is -2.05. The van der Waals surface area contributed by atoms with Gasteiger partial charge in [-0.05, 0) is 25.4 Å². The van der Waals surface area contributed by atoms with Crippen LogP contribution in [0.15, 0.2) is 20.9 Å². The van der Waals surface area contributed by atoms with Gasteiger partial charge in [0.2, 0.25) is 15.9 Å². The third-order valence-corrected chi connectivity index (χ3v) is 4.85. The summed E-state index contributed by atoms with van der Waals surface area (Å²) in [6.45, 7) is 2.16. The van der Waals surface area contributed by atoms with Gasteiger partial charge in [0.25, 0.3) is 0 Å². The predicted octanol–water partition coefficient (Wildman–Crippen LogP) is 0.637. The van der Waals surface area contributed by atoms with Gasteiger partial charge in [0, 0.05) is 11.4 Å². The molecule has 0 radical (unpaired) electrons. The lowest BCUT2D eigenvalue weighted by Crippen LogP contribution is -2.24. The fourth-order valence-corrected chi connectivity index (χ4v) is 3.93. The van der Waals surface area contributed by atoms with E-state index in [0.717, 1.165) is 4.88 Å². The second-order valence-corrected chi connectivity index (χ2v) is 6.53. The van der Waals surface area contributed by atoms with Gasteiger partial charge in [-0.25, -0.2) is 13.1 Å². The molecule has 0 unspecified atom stereocenters. The zero-order valence-electron chi connectivity index (χ0n) is 10.5. The SMILES string of the molecule is CNCc1sccc1S(=O)(=O)NCc1nc(C)no1. The monoisotopic (exact) mass is 302 g/mol. The van der Waals surface area contributed by atoms with Crippen molar-refractivity contribution in [3.63, 3.8) is 0 Å². The Morgan fingerprint density at radius 2 is 2.21 bits per heavy atom. The van der Waals surface area contributed by atoms with Gasteiger partial charge in [0.15, 0.2) is 5.82 Å². The van der Waals surface area contributed by atoms with E-state index >= 15 is 0 Å². The first-order valence-electron chi connectivity index (χ1n) is 5.53. The average Bonchev–Trinajstić information content (AvgIpc) is 2.97. The fourth-order valence-electron chi connectivity index (χ4n) is 1.50. The van der Waals surface area contributed by atoms with Crippen LogP contribution in [0.1, 0.15) is 16.6 Å². The number of nitrogens with one attached hydrogen (secondary N) is 2. The van der Waals surface area contributed by atoms with Crippen LogP contribution < -0.4 is 10.0 Å². The van der Waals surface area contributed by atoms with Crippen LogP contribution in [0, 0.1) is 6.92 Å². The van der Waals surface area contributed by atoms with E-state index in [4.69, 9.17) is 4.52 Å². The third-order valence-electron chi connectivity index (χ3n) is 2.31. The zero-order valence-corrected chi connectivity index (χ0v) is 12.1. The molecule has 2 aromatic rings. The van der Waals surface area contributed by atoms with Gasteiger partial charge < -0.3 is 9.84 Å². The van der Waals surface area contributed by atoms with Gasteiger partial charge in [0.1, 0.15) is 0 Å². The van der Waals surface area contributed by atoms with E-state index in [1.807, 2.05) is 0 Å². The van der Waals surface area contributed by atoms with Crippen LogP contribution in [-0.4, -0.2) is 25.6 Å². The molecule has 0 atom stereocenters. The van der Waals surface area contributed by atoms with Crippen molar-refractivity contribution in [3.8, 4) is 0 Å². The van der Waals surface area contributed by atoms with Crippen LogP contribution in [0.2, 0.25) is 0 Å². The Kier molecular flexibility index (Phi) is 4.30. The lowest BCUT2D eigenvalue weighted by atomic mass is 10.5. The summed E-state index contributed by atoms with van der Waals surface area (Å²) in [5, 5.41) is 8.28. The molecule has 7 nitrogen and oxygen atoms in total. The first-order valence-corrected chi connectivity index (χ1v) is 7.89. The number of aryl methyl sites for hydroxylation is 1. The van der Waals surface area contributed by atoms with Crippen molar-refractivity contribution in [1.82, 2.24) is 20.2 Å². The molecular weight excluding hydrogens is 288 g/mol. The number of nitrogens with zero attached hydrogens (tertiary/aromatic N) is 2. The molecule has 2 aromatic heterocycles. The molecule has 0 fully saturated rings. The summed E-state index contributed by atoms with van der Waals surface area (Å²) in [5.41, 5.74) is 0. The van der Waals surface area contributed by atoms with Gasteiger partial charge in [0.05, 0.1) is 11.4 Å². The van der Waals surface area contributed by atoms with Crippen LogP contribution in [0.4, 0.5) is 0 Å². The number of hydrogen-bond acceptors (Lipinski definition) is 7. The van der Waals surface area contributed by atoms with E-state index < -0.39 is 10.0 Å². The minimum atomic E-state index is -3.57. The van der Waals surface area contributed by atoms with Gasteiger partial charge in [-0.15, -0.1) is 11.3 Å². The van der Waals surface area contributed by atoms with Crippen molar-refractivity contribution >= 4 is 21.4 Å². The summed E-state index contributed by atoms with van der Waals surface area (Å²) in [5.74, 6) is 0.715. The molecule has 0 saturated carbocycles. The molecule has 0 amide bonds. The summed E-state index contributed by atoms with van der Waals surface area (Å²) >= 11 is 1.39. The predicted molar refractivity (Wildman–Crippen MR) is 70.1 cm³/mol. The number of aromatic nitrogens is 2. The topological polar surface area (TPSA) is 97.1 Å². The van der Waals surface area contributed by atoms with Crippen molar-refractivity contribution in [1.29, 1.82) is 0 Å². The number of thiophene rings is 1. The van der Waals surface area contributed by atoms with E-state index in [2.05, 4.69) is 20.2 Å². The minimum Gasteiger partial charge on any atom is -0.338 e. The average molecular weight is 302 g/mol. The summed E-state index contributed by atoms with van der Waals surface area (Å²) < 4.78 is 31.6. The highest BCUT2D eigenvalue weighted by atomic mass is 32.2. The molecule has 0 aliphatic carbocycles. The summed E-state index contributed by atoms with van der Waals surface area (Å²) in [6.07, 6.45) is 0. The first kappa shape index (κ1) is 14.1. The molecule has 0 aliphatic rings. The maximum absolute atomic E-state index is 12.1. The normalized spacial score (nSPS) is 11.9. The molecule has 2 N–H and O–H groups in total. The molecule has 0 aliphatic heterocycles. The molecule has 2 rings (SSSR count). The lowest BCUT2D eigenvalue weighted by molar-refractivity contribution is 0.372. The van der Waals surface area contributed by atoms with E-state index in [9.17, 15) is 8.42 Å². The third kappa shape index (κ3) is 3.38. The Labute approximate surface area is 115 Å². The Morgan fingerprint density at radius 3 is 2.84 bits per heavy atom. The van der Waals surface area contributed by atoms with Gasteiger partial charge in [-0.2, -0.15) is 4.98 Å². The van der Waals surface area contributed by atoms with Crippen molar-refractivity contribution in [3.05, 3.63) is 28.0 Å². The van der Waals surface area contributed by atoms with Gasteiger partial charge in [-0.3, -0.25) is 0 Å². The standard InChI is InChI=1S/C10H14N4O3S2/c1-7-13-10(17-14-7)6-12-19(15,16)9-3-4-18-8(9)5-11-2/h3-4,11-12H,5-6H2,1-2H3. The molecule has 0 aromatic carbocycles. The fraction of sp³-hybridized carbons (Fsp3) is 0.400. The number of rotatable bonds is 6. The van der Waals surface area contributed by atoms with Crippen LogP contribution >= 0.6 is 11.3 Å². The first-order chi connectivity index (χ1) is 9.03. The Bertz CT molecular complexity index is 647. The van der Waals surface area contributed by atoms with E-state index in [-0.39, 0.29) is 17.3 Å². The Balaban J connectivity index is 2.11. The summed E-state index contributed by atoms with van der Waals surface area (Å²) in [6, 6.07) is 1.58. The van der Waals surface area contributed by atoms with Crippen molar-refractivity contribution < 1.29 is 12.9 Å². The molecule has 104 valence electrons. The van der Waals surface area contributed by atoms with E-state index in [0.29, 0.717) is 12.4 Å². The van der Waals surface area contributed by atoms with E-state index in [1.54, 1.807) is 25.4 Å². The number of hydrogen-bond donors (Lipinski definition) is 2. The van der Waals surface area contributed by atoms with Crippen LogP contribution in [0.5, 0.6) is 0 Å². The second-order valence-electron chi connectivity index (χ2n) is 3.80. The molecule has 2 heterocycles.